The van der Waals surface area contributed by atoms with E-state index in [9.17, 15) is 4.79 Å². The summed E-state index contributed by atoms with van der Waals surface area (Å²) in [5.74, 6) is 0.684. The highest BCUT2D eigenvalue weighted by Gasteiger charge is 2.24. The highest BCUT2D eigenvalue weighted by molar-refractivity contribution is 5.99. The summed E-state index contributed by atoms with van der Waals surface area (Å²) in [6.45, 7) is 1.04. The molecule has 1 saturated carbocycles. The van der Waals surface area contributed by atoms with Crippen molar-refractivity contribution in [2.75, 3.05) is 18.5 Å². The number of benzene rings is 2. The highest BCUT2D eigenvalue weighted by Crippen LogP contribution is 2.21. The molecule has 1 amide bonds. The van der Waals surface area contributed by atoms with Gasteiger partial charge in [-0.3, -0.25) is 4.79 Å². The first-order valence-corrected chi connectivity index (χ1v) is 8.03. The number of ether oxygens (including phenoxy) is 1. The van der Waals surface area contributed by atoms with E-state index in [2.05, 4.69) is 16.7 Å². The van der Waals surface area contributed by atoms with Gasteiger partial charge in [0.05, 0.1) is 17.2 Å². The Labute approximate surface area is 141 Å². The monoisotopic (exact) mass is 321 g/mol. The van der Waals surface area contributed by atoms with E-state index in [1.807, 2.05) is 24.3 Å². The molecule has 0 spiro atoms. The van der Waals surface area contributed by atoms with Crippen molar-refractivity contribution in [1.29, 1.82) is 5.26 Å². The summed E-state index contributed by atoms with van der Waals surface area (Å²) in [5, 5.41) is 15.0. The van der Waals surface area contributed by atoms with Gasteiger partial charge in [0, 0.05) is 18.3 Å². The maximum Gasteiger partial charge on any atom is 0.253 e. The first kappa shape index (κ1) is 15.9. The molecule has 2 aromatic carbocycles. The summed E-state index contributed by atoms with van der Waals surface area (Å²) in [5.41, 5.74) is 2.07. The van der Waals surface area contributed by atoms with Crippen molar-refractivity contribution < 1.29 is 9.53 Å². The second kappa shape index (κ2) is 7.51. The Hall–Kier alpha value is -3.00. The van der Waals surface area contributed by atoms with E-state index in [1.54, 1.807) is 24.3 Å². The molecule has 0 unspecified atom stereocenters. The summed E-state index contributed by atoms with van der Waals surface area (Å²) >= 11 is 0. The zero-order valence-corrected chi connectivity index (χ0v) is 13.3. The summed E-state index contributed by atoms with van der Waals surface area (Å²) < 4.78 is 5.63. The predicted molar refractivity (Wildman–Crippen MR) is 92.1 cm³/mol. The number of rotatable bonds is 7. The topological polar surface area (TPSA) is 74.1 Å². The van der Waals surface area contributed by atoms with Gasteiger partial charge in [0.1, 0.15) is 12.4 Å². The number of amides is 1. The SMILES string of the molecule is N#Cc1ccc(OCCNc2ccccc2C(=O)NC2CC2)cc1. The maximum atomic E-state index is 12.2. The number of carbonyl (C=O) groups is 1. The third kappa shape index (κ3) is 4.26. The van der Waals surface area contributed by atoms with E-state index in [0.717, 1.165) is 24.3 Å². The standard InChI is InChI=1S/C19H19N3O2/c20-13-14-5-9-16(10-6-14)24-12-11-21-18-4-2-1-3-17(18)19(23)22-15-7-8-15/h1-6,9-10,15,21H,7-8,11-12H2,(H,22,23). The lowest BCUT2D eigenvalue weighted by molar-refractivity contribution is 0.0952. The van der Waals surface area contributed by atoms with Crippen molar-refractivity contribution in [3.05, 3.63) is 59.7 Å². The van der Waals surface area contributed by atoms with Gasteiger partial charge in [-0.05, 0) is 49.2 Å². The van der Waals surface area contributed by atoms with Crippen LogP contribution in [-0.2, 0) is 0 Å². The Bertz CT molecular complexity index is 746. The fourth-order valence-electron chi connectivity index (χ4n) is 2.31. The van der Waals surface area contributed by atoms with Gasteiger partial charge in [0.25, 0.3) is 5.91 Å². The van der Waals surface area contributed by atoms with Crippen molar-refractivity contribution in [2.24, 2.45) is 0 Å². The van der Waals surface area contributed by atoms with Crippen LogP contribution >= 0.6 is 0 Å². The van der Waals surface area contributed by atoms with Crippen LogP contribution in [0.3, 0.4) is 0 Å². The van der Waals surface area contributed by atoms with Gasteiger partial charge in [0.2, 0.25) is 0 Å². The van der Waals surface area contributed by atoms with Crippen molar-refractivity contribution >= 4 is 11.6 Å². The molecule has 0 bridgehead atoms. The van der Waals surface area contributed by atoms with Crippen LogP contribution in [0.2, 0.25) is 0 Å². The molecule has 0 aromatic heterocycles. The molecule has 0 heterocycles. The van der Waals surface area contributed by atoms with Crippen molar-refractivity contribution in [3.63, 3.8) is 0 Å². The number of para-hydroxylation sites is 1. The van der Waals surface area contributed by atoms with Crippen molar-refractivity contribution in [2.45, 2.75) is 18.9 Å². The Balaban J connectivity index is 1.50. The molecule has 24 heavy (non-hydrogen) atoms. The van der Waals surface area contributed by atoms with Gasteiger partial charge >= 0.3 is 0 Å². The van der Waals surface area contributed by atoms with Crippen LogP contribution in [0.15, 0.2) is 48.5 Å². The molecule has 1 aliphatic carbocycles. The van der Waals surface area contributed by atoms with E-state index in [4.69, 9.17) is 10.00 Å². The fourth-order valence-corrected chi connectivity index (χ4v) is 2.31. The lowest BCUT2D eigenvalue weighted by atomic mass is 10.1. The highest BCUT2D eigenvalue weighted by atomic mass is 16.5. The zero-order valence-electron chi connectivity index (χ0n) is 13.3. The molecule has 5 heteroatoms. The van der Waals surface area contributed by atoms with Crippen LogP contribution in [0.25, 0.3) is 0 Å². The summed E-state index contributed by atoms with van der Waals surface area (Å²) in [6, 6.07) is 16.9. The predicted octanol–water partition coefficient (Wildman–Crippen LogP) is 2.94. The Morgan fingerprint density at radius 2 is 1.92 bits per heavy atom. The number of nitriles is 1. The average molecular weight is 321 g/mol. The van der Waals surface area contributed by atoms with Crippen LogP contribution in [-0.4, -0.2) is 25.1 Å². The van der Waals surface area contributed by atoms with Crippen LogP contribution in [0.5, 0.6) is 5.75 Å². The fraction of sp³-hybridized carbons (Fsp3) is 0.263. The number of hydrogen-bond donors (Lipinski definition) is 2. The molecule has 5 nitrogen and oxygen atoms in total. The molecule has 0 atom stereocenters. The first-order valence-electron chi connectivity index (χ1n) is 8.03. The number of carbonyl (C=O) groups excluding carboxylic acids is 1. The molecular formula is C19H19N3O2. The Morgan fingerprint density at radius 1 is 1.17 bits per heavy atom. The van der Waals surface area contributed by atoms with Gasteiger partial charge in [-0.2, -0.15) is 5.26 Å². The molecule has 2 aromatic rings. The van der Waals surface area contributed by atoms with E-state index in [1.165, 1.54) is 0 Å². The van der Waals surface area contributed by atoms with Gasteiger partial charge in [-0.15, -0.1) is 0 Å². The molecule has 0 saturated heterocycles. The molecule has 3 rings (SSSR count). The first-order chi connectivity index (χ1) is 11.8. The van der Waals surface area contributed by atoms with Crippen molar-refractivity contribution in [1.82, 2.24) is 5.32 Å². The number of nitrogens with one attached hydrogen (secondary N) is 2. The van der Waals surface area contributed by atoms with Crippen LogP contribution in [0.1, 0.15) is 28.8 Å². The van der Waals surface area contributed by atoms with Gasteiger partial charge in [-0.25, -0.2) is 0 Å². The molecular weight excluding hydrogens is 302 g/mol. The second-order valence-corrected chi connectivity index (χ2v) is 5.70. The molecule has 0 aliphatic heterocycles. The molecule has 0 radical (unpaired) electrons. The van der Waals surface area contributed by atoms with Crippen LogP contribution < -0.4 is 15.4 Å². The van der Waals surface area contributed by atoms with Crippen LogP contribution in [0, 0.1) is 11.3 Å². The summed E-state index contributed by atoms with van der Waals surface area (Å²) in [7, 11) is 0. The zero-order chi connectivity index (χ0) is 16.8. The largest absolute Gasteiger partial charge is 0.492 e. The van der Waals surface area contributed by atoms with Gasteiger partial charge < -0.3 is 15.4 Å². The molecule has 122 valence electrons. The Kier molecular flexibility index (Phi) is 4.97. The number of hydrogen-bond acceptors (Lipinski definition) is 4. The smallest absolute Gasteiger partial charge is 0.253 e. The average Bonchev–Trinajstić information content (AvgIpc) is 3.43. The minimum absolute atomic E-state index is 0.0337. The minimum atomic E-state index is -0.0337. The minimum Gasteiger partial charge on any atom is -0.492 e. The molecule has 1 aliphatic rings. The van der Waals surface area contributed by atoms with E-state index in [-0.39, 0.29) is 5.91 Å². The number of anilines is 1. The lowest BCUT2D eigenvalue weighted by Crippen LogP contribution is -2.26. The Morgan fingerprint density at radius 3 is 2.62 bits per heavy atom. The van der Waals surface area contributed by atoms with E-state index in [0.29, 0.717) is 30.3 Å². The quantitative estimate of drug-likeness (QED) is 0.769. The lowest BCUT2D eigenvalue weighted by Gasteiger charge is -2.12. The normalized spacial score (nSPS) is 13.0. The van der Waals surface area contributed by atoms with Gasteiger partial charge in [0.15, 0.2) is 0 Å². The maximum absolute atomic E-state index is 12.2. The third-order valence-electron chi connectivity index (χ3n) is 3.75. The molecule has 1 fully saturated rings. The van der Waals surface area contributed by atoms with Gasteiger partial charge in [-0.1, -0.05) is 12.1 Å². The van der Waals surface area contributed by atoms with E-state index < -0.39 is 0 Å². The summed E-state index contributed by atoms with van der Waals surface area (Å²) in [6.07, 6.45) is 2.14. The van der Waals surface area contributed by atoms with Crippen LogP contribution in [0.4, 0.5) is 5.69 Å². The second-order valence-electron chi connectivity index (χ2n) is 5.70. The summed E-state index contributed by atoms with van der Waals surface area (Å²) in [4.78, 5) is 12.2. The molecule has 2 N–H and O–H groups in total. The van der Waals surface area contributed by atoms with Crippen molar-refractivity contribution in [3.8, 4) is 11.8 Å². The number of nitrogens with zero attached hydrogens (tertiary/aromatic N) is 1. The van der Waals surface area contributed by atoms with E-state index >= 15 is 0 Å². The third-order valence-corrected chi connectivity index (χ3v) is 3.75.